The summed E-state index contributed by atoms with van der Waals surface area (Å²) in [4.78, 5) is 0. The average molecular weight is 503 g/mol. The first-order valence-corrected chi connectivity index (χ1v) is 13.2. The molecular formula is C26H25ClF2N2O2S. The smallest absolute Gasteiger partial charge is 0.271 e. The molecule has 1 fully saturated rings. The lowest BCUT2D eigenvalue weighted by atomic mass is 9.75. The highest BCUT2D eigenvalue weighted by Crippen LogP contribution is 2.43. The normalized spacial score (nSPS) is 19.2. The summed E-state index contributed by atoms with van der Waals surface area (Å²) in [5.74, 6) is -0.768. The molecule has 34 heavy (non-hydrogen) atoms. The molecule has 178 valence electrons. The lowest BCUT2D eigenvalue weighted by molar-refractivity contribution is 0.249. The Morgan fingerprint density at radius 1 is 0.912 bits per heavy atom. The van der Waals surface area contributed by atoms with Crippen LogP contribution in [0.2, 0.25) is 5.02 Å². The third-order valence-electron chi connectivity index (χ3n) is 6.85. The second kappa shape index (κ2) is 9.29. The maximum absolute atomic E-state index is 14.1. The Labute approximate surface area is 203 Å². The highest BCUT2D eigenvalue weighted by atomic mass is 35.5. The lowest BCUT2D eigenvalue weighted by Gasteiger charge is -2.37. The topological polar surface area (TPSA) is 49.4 Å². The van der Waals surface area contributed by atoms with Crippen LogP contribution in [0, 0.1) is 17.6 Å². The fraction of sp³-hybridized carbons (Fsp3) is 0.308. The number of halogens is 3. The first kappa shape index (κ1) is 23.3. The Morgan fingerprint density at radius 3 is 2.18 bits per heavy atom. The zero-order valence-electron chi connectivity index (χ0n) is 18.5. The Bertz CT molecular complexity index is 1280. The van der Waals surface area contributed by atoms with Crippen LogP contribution in [-0.2, 0) is 23.1 Å². The van der Waals surface area contributed by atoms with E-state index in [1.807, 2.05) is 12.1 Å². The van der Waals surface area contributed by atoms with Crippen molar-refractivity contribution in [2.75, 3.05) is 17.8 Å². The molecule has 1 atom stereocenters. The van der Waals surface area contributed by atoms with Gasteiger partial charge in [-0.25, -0.2) is 8.78 Å². The van der Waals surface area contributed by atoms with E-state index in [9.17, 15) is 17.2 Å². The molecular weight excluding hydrogens is 478 g/mol. The molecule has 2 aliphatic rings. The van der Waals surface area contributed by atoms with Crippen molar-refractivity contribution in [2.45, 2.75) is 31.6 Å². The molecule has 1 aliphatic heterocycles. The predicted molar refractivity (Wildman–Crippen MR) is 130 cm³/mol. The fourth-order valence-electron chi connectivity index (χ4n) is 5.36. The van der Waals surface area contributed by atoms with E-state index < -0.39 is 10.2 Å². The standard InChI is InChI=1S/C26H25ClF2N2O2S/c27-20-4-1-5-23(15-20)30-34(32,33)31-12-2-3-19(16-31)26-24-10-8-21(28)13-17(24)6-7-18-14-22(29)9-11-25(18)26/h1,4-5,8-11,13-15,19,26,30H,2-3,6-7,12,16H2. The van der Waals surface area contributed by atoms with Crippen LogP contribution < -0.4 is 4.72 Å². The van der Waals surface area contributed by atoms with Crippen LogP contribution in [0.25, 0.3) is 0 Å². The molecule has 1 N–H and O–H groups in total. The number of nitrogens with zero attached hydrogens (tertiary/aromatic N) is 1. The molecule has 1 heterocycles. The summed E-state index contributed by atoms with van der Waals surface area (Å²) < 4.78 is 58.7. The molecule has 1 aliphatic carbocycles. The summed E-state index contributed by atoms with van der Waals surface area (Å²) in [6.45, 7) is 0.722. The Morgan fingerprint density at radius 2 is 1.56 bits per heavy atom. The van der Waals surface area contributed by atoms with Crippen molar-refractivity contribution in [3.63, 3.8) is 0 Å². The van der Waals surface area contributed by atoms with Gasteiger partial charge in [0.1, 0.15) is 11.6 Å². The minimum atomic E-state index is -3.80. The Kier molecular flexibility index (Phi) is 6.35. The number of aryl methyl sites for hydroxylation is 2. The van der Waals surface area contributed by atoms with Gasteiger partial charge in [-0.05, 0) is 96.3 Å². The van der Waals surface area contributed by atoms with E-state index in [1.165, 1.54) is 16.4 Å². The van der Waals surface area contributed by atoms with E-state index in [0.29, 0.717) is 43.1 Å². The van der Waals surface area contributed by atoms with Gasteiger partial charge >= 0.3 is 10.2 Å². The molecule has 3 aromatic rings. The van der Waals surface area contributed by atoms with E-state index >= 15 is 0 Å². The number of rotatable bonds is 4. The molecule has 0 radical (unpaired) electrons. The van der Waals surface area contributed by atoms with Crippen LogP contribution in [-0.4, -0.2) is 25.8 Å². The third-order valence-corrected chi connectivity index (χ3v) is 8.59. The van der Waals surface area contributed by atoms with Crippen LogP contribution in [0.3, 0.4) is 0 Å². The van der Waals surface area contributed by atoms with Crippen molar-refractivity contribution in [2.24, 2.45) is 5.92 Å². The second-order valence-corrected chi connectivity index (χ2v) is 11.1. The Hall–Kier alpha value is -2.48. The minimum Gasteiger partial charge on any atom is -0.271 e. The van der Waals surface area contributed by atoms with Gasteiger partial charge in [-0.3, -0.25) is 4.72 Å². The van der Waals surface area contributed by atoms with E-state index in [1.54, 1.807) is 36.4 Å². The van der Waals surface area contributed by atoms with E-state index in [0.717, 1.165) is 28.7 Å². The summed E-state index contributed by atoms with van der Waals surface area (Å²) >= 11 is 6.02. The summed E-state index contributed by atoms with van der Waals surface area (Å²) in [6.07, 6.45) is 2.75. The van der Waals surface area contributed by atoms with Crippen molar-refractivity contribution in [3.8, 4) is 0 Å². The molecule has 0 aromatic heterocycles. The molecule has 0 spiro atoms. The third kappa shape index (κ3) is 4.69. The molecule has 8 heteroatoms. The number of fused-ring (bicyclic) bond motifs is 2. The van der Waals surface area contributed by atoms with E-state index in [2.05, 4.69) is 4.72 Å². The summed E-state index contributed by atoms with van der Waals surface area (Å²) in [7, 11) is -3.80. The van der Waals surface area contributed by atoms with Gasteiger partial charge in [-0.1, -0.05) is 29.8 Å². The number of hydrogen-bond acceptors (Lipinski definition) is 2. The first-order chi connectivity index (χ1) is 16.3. The quantitative estimate of drug-likeness (QED) is 0.481. The molecule has 4 nitrogen and oxygen atoms in total. The highest BCUT2D eigenvalue weighted by Gasteiger charge is 2.37. The number of piperidine rings is 1. The fourth-order valence-corrected chi connectivity index (χ4v) is 6.86. The molecule has 3 aromatic carbocycles. The minimum absolute atomic E-state index is 0.0313. The molecule has 0 amide bonds. The highest BCUT2D eigenvalue weighted by molar-refractivity contribution is 7.90. The van der Waals surface area contributed by atoms with E-state index in [-0.39, 0.29) is 23.5 Å². The van der Waals surface area contributed by atoms with Gasteiger partial charge in [0, 0.05) is 24.0 Å². The second-order valence-electron chi connectivity index (χ2n) is 9.04. The van der Waals surface area contributed by atoms with Crippen molar-refractivity contribution in [1.29, 1.82) is 0 Å². The van der Waals surface area contributed by atoms with Gasteiger partial charge in [0.15, 0.2) is 0 Å². The van der Waals surface area contributed by atoms with Crippen LogP contribution in [0.15, 0.2) is 60.7 Å². The van der Waals surface area contributed by atoms with Gasteiger partial charge < -0.3 is 0 Å². The summed E-state index contributed by atoms with van der Waals surface area (Å²) in [6, 6.07) is 16.3. The monoisotopic (exact) mass is 502 g/mol. The van der Waals surface area contributed by atoms with Gasteiger partial charge in [-0.15, -0.1) is 0 Å². The van der Waals surface area contributed by atoms with Gasteiger partial charge in [0.05, 0.1) is 5.69 Å². The van der Waals surface area contributed by atoms with E-state index in [4.69, 9.17) is 11.6 Å². The molecule has 0 saturated carbocycles. The van der Waals surface area contributed by atoms with Crippen LogP contribution in [0.4, 0.5) is 14.5 Å². The van der Waals surface area contributed by atoms with Crippen molar-refractivity contribution in [1.82, 2.24) is 4.31 Å². The largest absolute Gasteiger partial charge is 0.301 e. The SMILES string of the molecule is O=S(=O)(Nc1cccc(Cl)c1)N1CCCC(C2c3ccc(F)cc3CCc3cc(F)ccc32)C1. The van der Waals surface area contributed by atoms with Crippen molar-refractivity contribution >= 4 is 27.5 Å². The van der Waals surface area contributed by atoms with Crippen molar-refractivity contribution in [3.05, 3.63) is 99.6 Å². The first-order valence-electron chi connectivity index (χ1n) is 11.4. The number of nitrogens with one attached hydrogen (secondary N) is 1. The number of benzene rings is 3. The molecule has 5 rings (SSSR count). The number of anilines is 1. The average Bonchev–Trinajstić information content (AvgIpc) is 2.95. The summed E-state index contributed by atoms with van der Waals surface area (Å²) in [5, 5.41) is 0.447. The van der Waals surface area contributed by atoms with Crippen molar-refractivity contribution < 1.29 is 17.2 Å². The molecule has 0 bridgehead atoms. The van der Waals surface area contributed by atoms with Crippen LogP contribution >= 0.6 is 11.6 Å². The Balaban J connectivity index is 1.49. The van der Waals surface area contributed by atoms with Gasteiger partial charge in [0.25, 0.3) is 0 Å². The van der Waals surface area contributed by atoms with Crippen LogP contribution in [0.1, 0.15) is 41.0 Å². The summed E-state index contributed by atoms with van der Waals surface area (Å²) in [5.41, 5.74) is 4.21. The zero-order valence-corrected chi connectivity index (χ0v) is 20.0. The predicted octanol–water partition coefficient (Wildman–Crippen LogP) is 5.92. The number of hydrogen-bond donors (Lipinski definition) is 1. The maximum atomic E-state index is 14.1. The van der Waals surface area contributed by atoms with Crippen LogP contribution in [0.5, 0.6) is 0 Å². The van der Waals surface area contributed by atoms with Gasteiger partial charge in [-0.2, -0.15) is 12.7 Å². The lowest BCUT2D eigenvalue weighted by Crippen LogP contribution is -2.44. The molecule has 1 saturated heterocycles. The molecule has 1 unspecified atom stereocenters. The maximum Gasteiger partial charge on any atom is 0.301 e. The van der Waals surface area contributed by atoms with Gasteiger partial charge in [0.2, 0.25) is 0 Å². The zero-order chi connectivity index (χ0) is 23.9.